The summed E-state index contributed by atoms with van der Waals surface area (Å²) < 4.78 is 18.5. The first kappa shape index (κ1) is 28.3. The van der Waals surface area contributed by atoms with E-state index in [1.807, 2.05) is 24.3 Å². The molecule has 1 aliphatic heterocycles. The maximum absolute atomic E-state index is 12.7. The van der Waals surface area contributed by atoms with Crippen LogP contribution in [0.4, 0.5) is 0 Å². The zero-order chi connectivity index (χ0) is 26.7. The average molecular weight is 517 g/mol. The maximum atomic E-state index is 12.7. The number of benzene rings is 1. The molecule has 0 N–H and O–H groups in total. The van der Waals surface area contributed by atoms with Crippen LogP contribution in [0, 0.1) is 23.7 Å². The van der Waals surface area contributed by atoms with E-state index in [9.17, 15) is 4.79 Å². The van der Waals surface area contributed by atoms with Crippen LogP contribution in [-0.2, 0) is 25.6 Å². The van der Waals surface area contributed by atoms with E-state index < -0.39 is 0 Å². The van der Waals surface area contributed by atoms with Crippen LogP contribution in [0.15, 0.2) is 90.3 Å². The van der Waals surface area contributed by atoms with Gasteiger partial charge in [0.2, 0.25) is 0 Å². The number of allylic oxidation sites excluding steroid dienone is 6. The summed E-state index contributed by atoms with van der Waals surface area (Å²) >= 11 is 0. The lowest BCUT2D eigenvalue weighted by atomic mass is 9.88. The molecule has 6 unspecified atom stereocenters. The van der Waals surface area contributed by atoms with E-state index in [0.29, 0.717) is 43.8 Å². The Balaban J connectivity index is 1.39. The van der Waals surface area contributed by atoms with Gasteiger partial charge in [0.15, 0.2) is 0 Å². The third-order valence-electron chi connectivity index (χ3n) is 8.01. The van der Waals surface area contributed by atoms with Crippen molar-refractivity contribution < 1.29 is 19.0 Å². The van der Waals surface area contributed by atoms with Gasteiger partial charge in [-0.3, -0.25) is 4.79 Å². The van der Waals surface area contributed by atoms with E-state index in [0.717, 1.165) is 42.8 Å². The second-order valence-corrected chi connectivity index (χ2v) is 11.2. The van der Waals surface area contributed by atoms with E-state index in [2.05, 4.69) is 75.4 Å². The van der Waals surface area contributed by atoms with Gasteiger partial charge >= 0.3 is 0 Å². The quantitative estimate of drug-likeness (QED) is 0.285. The molecule has 4 rings (SSSR count). The van der Waals surface area contributed by atoms with Crippen molar-refractivity contribution >= 4 is 5.78 Å². The molecule has 204 valence electrons. The fourth-order valence-electron chi connectivity index (χ4n) is 5.39. The summed E-state index contributed by atoms with van der Waals surface area (Å²) in [5, 5.41) is 0. The minimum absolute atomic E-state index is 0.0718. The molecule has 1 aromatic rings. The molecule has 4 heteroatoms. The Morgan fingerprint density at radius 1 is 1.13 bits per heavy atom. The van der Waals surface area contributed by atoms with Crippen molar-refractivity contribution in [2.75, 3.05) is 13.2 Å². The molecular formula is C34H44O4. The Labute approximate surface area is 229 Å². The molecule has 4 nitrogen and oxygen atoms in total. The van der Waals surface area contributed by atoms with Crippen LogP contribution in [0.25, 0.3) is 0 Å². The van der Waals surface area contributed by atoms with Crippen molar-refractivity contribution in [1.29, 1.82) is 0 Å². The second kappa shape index (κ2) is 14.5. The Bertz CT molecular complexity index is 1050. The molecule has 6 atom stereocenters. The summed E-state index contributed by atoms with van der Waals surface area (Å²) in [6.07, 6.45) is 21.1. The first-order valence-electron chi connectivity index (χ1n) is 14.3. The first-order chi connectivity index (χ1) is 18.5. The lowest BCUT2D eigenvalue weighted by Gasteiger charge is -2.30. The van der Waals surface area contributed by atoms with Crippen molar-refractivity contribution in [2.24, 2.45) is 23.7 Å². The normalized spacial score (nSPS) is 29.6. The number of carbonyl (C=O) groups is 1. The van der Waals surface area contributed by atoms with Gasteiger partial charge in [0.1, 0.15) is 18.1 Å². The van der Waals surface area contributed by atoms with Gasteiger partial charge in [-0.1, -0.05) is 86.2 Å². The van der Waals surface area contributed by atoms with Crippen molar-refractivity contribution in [1.82, 2.24) is 0 Å². The molecule has 0 saturated carbocycles. The zero-order valence-corrected chi connectivity index (χ0v) is 23.3. The van der Waals surface area contributed by atoms with Gasteiger partial charge in [-0.2, -0.15) is 0 Å². The van der Waals surface area contributed by atoms with Crippen molar-refractivity contribution in [3.05, 3.63) is 95.8 Å². The fourth-order valence-corrected chi connectivity index (χ4v) is 5.39. The number of Topliss-reactive ketones (excluding diaryl/α,β-unsaturated/α-hetero) is 1. The monoisotopic (exact) mass is 516 g/mol. The number of hydrogen-bond donors (Lipinski definition) is 0. The molecule has 2 aliphatic carbocycles. The molecule has 38 heavy (non-hydrogen) atoms. The largest absolute Gasteiger partial charge is 0.489 e. The van der Waals surface area contributed by atoms with E-state index in [1.54, 1.807) is 0 Å². The highest BCUT2D eigenvalue weighted by atomic mass is 16.5. The van der Waals surface area contributed by atoms with E-state index >= 15 is 0 Å². The molecule has 0 amide bonds. The van der Waals surface area contributed by atoms with Crippen LogP contribution in [0.1, 0.15) is 58.4 Å². The zero-order valence-electron chi connectivity index (χ0n) is 23.3. The van der Waals surface area contributed by atoms with Crippen LogP contribution in [0.2, 0.25) is 0 Å². The molecular weight excluding hydrogens is 472 g/mol. The number of ketones is 1. The lowest BCUT2D eigenvalue weighted by Crippen LogP contribution is -2.28. The number of ether oxygens (including phenoxy) is 3. The SMILES string of the molecule is CC(=CCC(=O)CC1CC(C)CCO1)C1C=CC(OCc2ccccc2)=CC1OCC1CC=CC=CC1C. The molecule has 1 saturated heterocycles. The molecule has 1 aromatic carbocycles. The molecule has 1 heterocycles. The summed E-state index contributed by atoms with van der Waals surface area (Å²) in [6, 6.07) is 10.2. The molecule has 1 fully saturated rings. The van der Waals surface area contributed by atoms with Gasteiger partial charge in [0.05, 0.1) is 18.8 Å². The lowest BCUT2D eigenvalue weighted by molar-refractivity contribution is -0.122. The first-order valence-corrected chi connectivity index (χ1v) is 14.3. The minimum atomic E-state index is -0.136. The third-order valence-corrected chi connectivity index (χ3v) is 8.01. The van der Waals surface area contributed by atoms with Crippen molar-refractivity contribution in [3.63, 3.8) is 0 Å². The standard InChI is InChI=1S/C34H44O4/c1-25-18-19-36-32(20-25)21-30(35)15-14-27(3)33-17-16-31(37-23-28-11-7-5-8-12-28)22-34(33)38-24-29-13-9-4-6-10-26(29)2/h4-12,14,16-17,22,25-26,29,32-34H,13,15,18-21,23-24H2,1-3H3. The van der Waals surface area contributed by atoms with Crippen LogP contribution >= 0.6 is 0 Å². The van der Waals surface area contributed by atoms with Gasteiger partial charge in [0, 0.05) is 25.4 Å². The highest BCUT2D eigenvalue weighted by molar-refractivity contribution is 5.80. The smallest absolute Gasteiger partial charge is 0.139 e. The minimum Gasteiger partial charge on any atom is -0.489 e. The van der Waals surface area contributed by atoms with Crippen molar-refractivity contribution in [3.8, 4) is 0 Å². The molecule has 0 bridgehead atoms. The topological polar surface area (TPSA) is 44.8 Å². The molecule has 0 aromatic heterocycles. The predicted octanol–water partition coefficient (Wildman–Crippen LogP) is 7.54. The highest BCUT2D eigenvalue weighted by Crippen LogP contribution is 2.30. The summed E-state index contributed by atoms with van der Waals surface area (Å²) in [7, 11) is 0. The fraction of sp³-hybridized carbons (Fsp3) is 0.500. The van der Waals surface area contributed by atoms with Crippen LogP contribution in [-0.4, -0.2) is 31.2 Å². The summed E-state index contributed by atoms with van der Waals surface area (Å²) in [4.78, 5) is 12.7. The predicted molar refractivity (Wildman–Crippen MR) is 153 cm³/mol. The summed E-state index contributed by atoms with van der Waals surface area (Å²) in [5.41, 5.74) is 2.29. The van der Waals surface area contributed by atoms with Gasteiger partial charge in [0.25, 0.3) is 0 Å². The van der Waals surface area contributed by atoms with E-state index in [1.165, 1.54) is 0 Å². The van der Waals surface area contributed by atoms with Gasteiger partial charge < -0.3 is 14.2 Å². The summed E-state index contributed by atoms with van der Waals surface area (Å²) in [5.74, 6) is 2.67. The maximum Gasteiger partial charge on any atom is 0.139 e. The highest BCUT2D eigenvalue weighted by Gasteiger charge is 2.27. The second-order valence-electron chi connectivity index (χ2n) is 11.2. The van der Waals surface area contributed by atoms with E-state index in [-0.39, 0.29) is 23.9 Å². The Kier molecular flexibility index (Phi) is 10.8. The van der Waals surface area contributed by atoms with Gasteiger partial charge in [-0.15, -0.1) is 0 Å². The Morgan fingerprint density at radius 3 is 2.79 bits per heavy atom. The number of hydrogen-bond acceptors (Lipinski definition) is 4. The molecule has 3 aliphatic rings. The van der Waals surface area contributed by atoms with Gasteiger partial charge in [-0.05, 0) is 61.7 Å². The Hall–Kier alpha value is -2.69. The average Bonchev–Trinajstić information content (AvgIpc) is 3.13. The molecule has 0 radical (unpaired) electrons. The number of rotatable bonds is 11. The third kappa shape index (κ3) is 8.68. The summed E-state index contributed by atoms with van der Waals surface area (Å²) in [6.45, 7) is 8.58. The van der Waals surface area contributed by atoms with E-state index in [4.69, 9.17) is 14.2 Å². The number of carbonyl (C=O) groups excluding carboxylic acids is 1. The van der Waals surface area contributed by atoms with Gasteiger partial charge in [-0.25, -0.2) is 0 Å². The van der Waals surface area contributed by atoms with Crippen LogP contribution in [0.3, 0.4) is 0 Å². The van der Waals surface area contributed by atoms with Crippen molar-refractivity contribution in [2.45, 2.75) is 71.7 Å². The van der Waals surface area contributed by atoms with Crippen LogP contribution in [0.5, 0.6) is 0 Å². The molecule has 0 spiro atoms. The van der Waals surface area contributed by atoms with Crippen LogP contribution < -0.4 is 0 Å². The Morgan fingerprint density at radius 2 is 1.97 bits per heavy atom.